The summed E-state index contributed by atoms with van der Waals surface area (Å²) in [6.45, 7) is 3.04. The van der Waals surface area contributed by atoms with E-state index in [-0.39, 0.29) is 24.7 Å². The predicted octanol–water partition coefficient (Wildman–Crippen LogP) is 1.29. The molecule has 0 saturated carbocycles. The molecule has 0 bridgehead atoms. The van der Waals surface area contributed by atoms with Crippen molar-refractivity contribution in [2.24, 2.45) is 0 Å². The van der Waals surface area contributed by atoms with Gasteiger partial charge in [0, 0.05) is 31.6 Å². The molecular formula is C17H19N3O4. The molecule has 126 valence electrons. The largest absolute Gasteiger partial charge is 0.480 e. The molecule has 2 N–H and O–H groups in total. The Labute approximate surface area is 139 Å². The summed E-state index contributed by atoms with van der Waals surface area (Å²) in [6, 6.07) is 8.03. The van der Waals surface area contributed by atoms with Gasteiger partial charge >= 0.3 is 5.97 Å². The van der Waals surface area contributed by atoms with Gasteiger partial charge in [-0.2, -0.15) is 0 Å². The number of carbonyl (C=O) groups excluding carboxylic acids is 2. The lowest BCUT2D eigenvalue weighted by Gasteiger charge is -2.26. The Bertz CT molecular complexity index is 770. The summed E-state index contributed by atoms with van der Waals surface area (Å²) in [7, 11) is 0. The normalized spacial score (nSPS) is 11.8. The van der Waals surface area contributed by atoms with Gasteiger partial charge in [-0.3, -0.25) is 14.6 Å². The van der Waals surface area contributed by atoms with Crippen LogP contribution in [0.1, 0.15) is 24.3 Å². The molecule has 0 aliphatic heterocycles. The maximum Gasteiger partial charge on any atom is 0.326 e. The van der Waals surface area contributed by atoms with Crippen molar-refractivity contribution in [1.29, 1.82) is 0 Å². The molecule has 1 atom stereocenters. The Hall–Kier alpha value is -2.96. The number of benzene rings is 1. The standard InChI is InChI=1S/C17H19N3O4/c1-11(17(23)24)20(10-9-18-12(2)21)16(22)15-14-6-4-3-5-13(14)7-8-19-15/h3-8,11H,9-10H2,1-2H3,(H,18,21)(H,23,24). The summed E-state index contributed by atoms with van der Waals surface area (Å²) in [5.74, 6) is -1.84. The number of carboxylic acids is 1. The van der Waals surface area contributed by atoms with Gasteiger partial charge in [0.15, 0.2) is 0 Å². The van der Waals surface area contributed by atoms with Crippen LogP contribution in [0.15, 0.2) is 36.5 Å². The number of carbonyl (C=O) groups is 3. The van der Waals surface area contributed by atoms with E-state index in [1.165, 1.54) is 24.9 Å². The van der Waals surface area contributed by atoms with Crippen molar-refractivity contribution < 1.29 is 19.5 Å². The van der Waals surface area contributed by atoms with E-state index in [4.69, 9.17) is 0 Å². The van der Waals surface area contributed by atoms with E-state index in [2.05, 4.69) is 10.3 Å². The summed E-state index contributed by atoms with van der Waals surface area (Å²) in [4.78, 5) is 40.5. The van der Waals surface area contributed by atoms with E-state index >= 15 is 0 Å². The first kappa shape index (κ1) is 17.4. The number of amides is 2. The molecule has 2 amide bonds. The van der Waals surface area contributed by atoms with Crippen LogP contribution < -0.4 is 5.32 Å². The van der Waals surface area contributed by atoms with Crippen molar-refractivity contribution in [2.75, 3.05) is 13.1 Å². The third-order valence-corrected chi connectivity index (χ3v) is 3.69. The van der Waals surface area contributed by atoms with Crippen LogP contribution in [0, 0.1) is 0 Å². The van der Waals surface area contributed by atoms with E-state index < -0.39 is 17.9 Å². The first-order valence-corrected chi connectivity index (χ1v) is 7.53. The summed E-state index contributed by atoms with van der Waals surface area (Å²) >= 11 is 0. The van der Waals surface area contributed by atoms with Crippen molar-refractivity contribution in [2.45, 2.75) is 19.9 Å². The Morgan fingerprint density at radius 2 is 1.96 bits per heavy atom. The number of nitrogens with one attached hydrogen (secondary N) is 1. The van der Waals surface area contributed by atoms with Crippen LogP contribution in [-0.2, 0) is 9.59 Å². The molecule has 1 unspecified atom stereocenters. The number of hydrogen-bond acceptors (Lipinski definition) is 4. The quantitative estimate of drug-likeness (QED) is 0.832. The van der Waals surface area contributed by atoms with Crippen LogP contribution >= 0.6 is 0 Å². The number of fused-ring (bicyclic) bond motifs is 1. The zero-order valence-electron chi connectivity index (χ0n) is 13.5. The van der Waals surface area contributed by atoms with E-state index in [0.29, 0.717) is 5.39 Å². The number of rotatable bonds is 6. The average Bonchev–Trinajstić information content (AvgIpc) is 2.56. The molecule has 1 aromatic carbocycles. The Morgan fingerprint density at radius 3 is 2.62 bits per heavy atom. The minimum absolute atomic E-state index is 0.0801. The molecule has 1 aromatic heterocycles. The van der Waals surface area contributed by atoms with Crippen LogP contribution in [0.25, 0.3) is 10.8 Å². The molecular weight excluding hydrogens is 310 g/mol. The van der Waals surface area contributed by atoms with Crippen molar-refractivity contribution in [3.8, 4) is 0 Å². The molecule has 7 heteroatoms. The van der Waals surface area contributed by atoms with Crippen LogP contribution in [-0.4, -0.2) is 51.9 Å². The second kappa shape index (κ2) is 7.54. The van der Waals surface area contributed by atoms with Crippen molar-refractivity contribution >= 4 is 28.6 Å². The Morgan fingerprint density at radius 1 is 1.25 bits per heavy atom. The van der Waals surface area contributed by atoms with Crippen LogP contribution in [0.5, 0.6) is 0 Å². The monoisotopic (exact) mass is 329 g/mol. The second-order valence-corrected chi connectivity index (χ2v) is 5.38. The van der Waals surface area contributed by atoms with Crippen LogP contribution in [0.4, 0.5) is 0 Å². The number of pyridine rings is 1. The zero-order valence-corrected chi connectivity index (χ0v) is 13.5. The number of aliphatic carboxylic acids is 1. The molecule has 24 heavy (non-hydrogen) atoms. The second-order valence-electron chi connectivity index (χ2n) is 5.38. The molecule has 0 fully saturated rings. The highest BCUT2D eigenvalue weighted by Crippen LogP contribution is 2.18. The van der Waals surface area contributed by atoms with Gasteiger partial charge in [0.1, 0.15) is 11.7 Å². The van der Waals surface area contributed by atoms with Crippen molar-refractivity contribution in [1.82, 2.24) is 15.2 Å². The molecule has 2 rings (SSSR count). The van der Waals surface area contributed by atoms with E-state index in [1.807, 2.05) is 12.1 Å². The number of nitrogens with zero attached hydrogens (tertiary/aromatic N) is 2. The van der Waals surface area contributed by atoms with Gasteiger partial charge in [0.25, 0.3) is 5.91 Å². The highest BCUT2D eigenvalue weighted by atomic mass is 16.4. The lowest BCUT2D eigenvalue weighted by atomic mass is 10.1. The molecule has 0 saturated heterocycles. The highest BCUT2D eigenvalue weighted by molar-refractivity contribution is 6.06. The summed E-state index contributed by atoms with van der Waals surface area (Å²) in [5, 5.41) is 13.3. The van der Waals surface area contributed by atoms with Gasteiger partial charge in [-0.15, -0.1) is 0 Å². The minimum atomic E-state index is -1.12. The smallest absolute Gasteiger partial charge is 0.326 e. The van der Waals surface area contributed by atoms with Crippen molar-refractivity contribution in [3.05, 3.63) is 42.2 Å². The fraction of sp³-hybridized carbons (Fsp3) is 0.294. The van der Waals surface area contributed by atoms with Crippen LogP contribution in [0.2, 0.25) is 0 Å². The molecule has 0 aliphatic rings. The summed E-state index contributed by atoms with van der Waals surface area (Å²) < 4.78 is 0. The third-order valence-electron chi connectivity index (χ3n) is 3.69. The van der Waals surface area contributed by atoms with Gasteiger partial charge in [-0.1, -0.05) is 24.3 Å². The number of aromatic nitrogens is 1. The summed E-state index contributed by atoms with van der Waals surface area (Å²) in [5.41, 5.74) is 0.198. The fourth-order valence-corrected chi connectivity index (χ4v) is 2.38. The van der Waals surface area contributed by atoms with Gasteiger partial charge in [-0.25, -0.2) is 4.79 Å². The first-order valence-electron chi connectivity index (χ1n) is 7.53. The van der Waals surface area contributed by atoms with E-state index in [1.54, 1.807) is 18.2 Å². The Kier molecular flexibility index (Phi) is 5.47. The molecule has 7 nitrogen and oxygen atoms in total. The molecule has 0 spiro atoms. The van der Waals surface area contributed by atoms with Gasteiger partial charge in [0.2, 0.25) is 5.91 Å². The Balaban J connectivity index is 2.35. The van der Waals surface area contributed by atoms with E-state index in [9.17, 15) is 19.5 Å². The maximum absolute atomic E-state index is 12.9. The molecule has 0 aliphatic carbocycles. The lowest BCUT2D eigenvalue weighted by molar-refractivity contribution is -0.141. The highest BCUT2D eigenvalue weighted by Gasteiger charge is 2.28. The number of hydrogen-bond donors (Lipinski definition) is 2. The number of carboxylic acid groups (broad SMARTS) is 1. The zero-order chi connectivity index (χ0) is 17.7. The third kappa shape index (κ3) is 3.87. The SMILES string of the molecule is CC(=O)NCCN(C(=O)c1nccc2ccccc12)C(C)C(=O)O. The predicted molar refractivity (Wildman–Crippen MR) is 88.6 cm³/mol. The molecule has 1 heterocycles. The lowest BCUT2D eigenvalue weighted by Crippen LogP contribution is -2.47. The van der Waals surface area contributed by atoms with Crippen LogP contribution in [0.3, 0.4) is 0 Å². The molecule has 2 aromatic rings. The van der Waals surface area contributed by atoms with Gasteiger partial charge in [-0.05, 0) is 18.4 Å². The maximum atomic E-state index is 12.9. The average molecular weight is 329 g/mol. The van der Waals surface area contributed by atoms with Gasteiger partial charge in [0.05, 0.1) is 0 Å². The minimum Gasteiger partial charge on any atom is -0.480 e. The molecule has 0 radical (unpaired) electrons. The fourth-order valence-electron chi connectivity index (χ4n) is 2.38. The van der Waals surface area contributed by atoms with Gasteiger partial charge < -0.3 is 15.3 Å². The first-order chi connectivity index (χ1) is 11.4. The van der Waals surface area contributed by atoms with Crippen molar-refractivity contribution in [3.63, 3.8) is 0 Å². The summed E-state index contributed by atoms with van der Waals surface area (Å²) in [6.07, 6.45) is 1.52. The van der Waals surface area contributed by atoms with E-state index in [0.717, 1.165) is 5.39 Å². The topological polar surface area (TPSA) is 99.6 Å².